The molecule has 0 aliphatic heterocycles. The number of ether oxygens (including phenoxy) is 3. The van der Waals surface area contributed by atoms with Gasteiger partial charge in [-0.1, -0.05) is 0 Å². The monoisotopic (exact) mass is 343 g/mol. The third-order valence-corrected chi connectivity index (χ3v) is 4.10. The summed E-state index contributed by atoms with van der Waals surface area (Å²) in [4.78, 5) is 21.0. The van der Waals surface area contributed by atoms with Crippen molar-refractivity contribution < 1.29 is 19.0 Å². The smallest absolute Gasteiger partial charge is 0.241 e. The number of benzene rings is 1. The van der Waals surface area contributed by atoms with Gasteiger partial charge in [-0.3, -0.25) is 4.79 Å². The molecule has 25 heavy (non-hydrogen) atoms. The minimum atomic E-state index is -0.0141. The molecule has 2 aromatic rings. The number of amides is 1. The predicted octanol–water partition coefficient (Wildman–Crippen LogP) is 2.83. The molecule has 0 saturated heterocycles. The number of nitrogens with zero attached hydrogens (tertiary/aromatic N) is 2. The summed E-state index contributed by atoms with van der Waals surface area (Å²) >= 11 is 0. The van der Waals surface area contributed by atoms with E-state index in [1.54, 1.807) is 20.3 Å². The van der Waals surface area contributed by atoms with Crippen LogP contribution in [0.15, 0.2) is 18.2 Å². The summed E-state index contributed by atoms with van der Waals surface area (Å²) in [5, 5.41) is 2.88. The van der Waals surface area contributed by atoms with E-state index in [1.807, 2.05) is 19.1 Å². The van der Waals surface area contributed by atoms with Crippen LogP contribution in [-0.4, -0.2) is 37.2 Å². The molecular weight excluding hydrogens is 322 g/mol. The zero-order valence-electron chi connectivity index (χ0n) is 14.8. The average Bonchev–Trinajstić information content (AvgIpc) is 3.47. The van der Waals surface area contributed by atoms with Gasteiger partial charge in [0.05, 0.1) is 32.6 Å². The van der Waals surface area contributed by atoms with Crippen molar-refractivity contribution in [3.8, 4) is 28.8 Å². The lowest BCUT2D eigenvalue weighted by Crippen LogP contribution is -2.16. The van der Waals surface area contributed by atoms with Crippen LogP contribution in [0, 0.1) is 12.8 Å². The number of hydrogen-bond acceptors (Lipinski definition) is 6. The molecule has 1 amide bonds. The molecule has 0 atom stereocenters. The number of methoxy groups -OCH3 is 3. The third-order valence-electron chi connectivity index (χ3n) is 4.10. The van der Waals surface area contributed by atoms with Crippen molar-refractivity contribution in [1.29, 1.82) is 0 Å². The van der Waals surface area contributed by atoms with Gasteiger partial charge in [0.1, 0.15) is 17.2 Å². The van der Waals surface area contributed by atoms with Gasteiger partial charge in [-0.25, -0.2) is 4.98 Å². The molecule has 1 fully saturated rings. The number of aromatic nitrogens is 2. The second-order valence-corrected chi connectivity index (χ2v) is 5.85. The van der Waals surface area contributed by atoms with Crippen molar-refractivity contribution in [2.75, 3.05) is 26.6 Å². The lowest BCUT2D eigenvalue weighted by molar-refractivity contribution is -0.117. The van der Waals surface area contributed by atoms with Gasteiger partial charge >= 0.3 is 0 Å². The van der Waals surface area contributed by atoms with Crippen LogP contribution in [0.2, 0.25) is 0 Å². The summed E-state index contributed by atoms with van der Waals surface area (Å²) in [6.45, 7) is 1.81. The number of anilines is 1. The summed E-state index contributed by atoms with van der Waals surface area (Å²) in [6.07, 6.45) is 1.85. The molecule has 1 heterocycles. The first-order chi connectivity index (χ1) is 12.1. The van der Waals surface area contributed by atoms with E-state index in [0.29, 0.717) is 40.1 Å². The Balaban J connectivity index is 2.00. The van der Waals surface area contributed by atoms with Crippen LogP contribution in [0.25, 0.3) is 11.4 Å². The molecule has 3 rings (SSSR count). The van der Waals surface area contributed by atoms with Crippen molar-refractivity contribution >= 4 is 11.6 Å². The third kappa shape index (κ3) is 3.50. The SMILES string of the molecule is COc1ccc(-c2nc(C)c(NC(=O)C3CC3)c(OC)n2)c(OC)c1. The minimum Gasteiger partial charge on any atom is -0.497 e. The summed E-state index contributed by atoms with van der Waals surface area (Å²) < 4.78 is 16.0. The topological polar surface area (TPSA) is 82.6 Å². The Morgan fingerprint density at radius 2 is 1.88 bits per heavy atom. The molecule has 1 N–H and O–H groups in total. The van der Waals surface area contributed by atoms with E-state index in [2.05, 4.69) is 15.3 Å². The molecule has 0 spiro atoms. The Kier molecular flexibility index (Phi) is 4.74. The zero-order chi connectivity index (χ0) is 18.0. The molecule has 1 aliphatic carbocycles. The van der Waals surface area contributed by atoms with Crippen molar-refractivity contribution in [3.63, 3.8) is 0 Å². The first kappa shape index (κ1) is 17.0. The molecule has 132 valence electrons. The maximum Gasteiger partial charge on any atom is 0.241 e. The van der Waals surface area contributed by atoms with Crippen LogP contribution in [-0.2, 0) is 4.79 Å². The van der Waals surface area contributed by atoms with Gasteiger partial charge in [-0.15, -0.1) is 0 Å². The van der Waals surface area contributed by atoms with E-state index in [9.17, 15) is 4.79 Å². The van der Waals surface area contributed by atoms with Crippen LogP contribution >= 0.6 is 0 Å². The molecule has 1 aliphatic rings. The van der Waals surface area contributed by atoms with E-state index >= 15 is 0 Å². The van der Waals surface area contributed by atoms with Gasteiger partial charge in [0, 0.05) is 12.0 Å². The highest BCUT2D eigenvalue weighted by molar-refractivity contribution is 5.95. The van der Waals surface area contributed by atoms with Crippen molar-refractivity contribution in [3.05, 3.63) is 23.9 Å². The van der Waals surface area contributed by atoms with Crippen LogP contribution in [0.5, 0.6) is 17.4 Å². The quantitative estimate of drug-likeness (QED) is 0.868. The molecule has 0 radical (unpaired) electrons. The standard InChI is InChI=1S/C18H21N3O4/c1-10-15(20-17(22)11-5-6-11)18(25-4)21-16(19-10)13-8-7-12(23-2)9-14(13)24-3/h7-9,11H,5-6H2,1-4H3,(H,20,22). The Morgan fingerprint density at radius 1 is 1.12 bits per heavy atom. The highest BCUT2D eigenvalue weighted by Crippen LogP contribution is 2.36. The van der Waals surface area contributed by atoms with Gasteiger partial charge in [0.25, 0.3) is 0 Å². The van der Waals surface area contributed by atoms with Crippen LogP contribution in [0.3, 0.4) is 0 Å². The maximum absolute atomic E-state index is 12.1. The fourth-order valence-corrected chi connectivity index (χ4v) is 2.51. The lowest BCUT2D eigenvalue weighted by Gasteiger charge is -2.15. The van der Waals surface area contributed by atoms with Gasteiger partial charge in [-0.05, 0) is 31.9 Å². The molecular formula is C18H21N3O4. The van der Waals surface area contributed by atoms with E-state index in [0.717, 1.165) is 12.8 Å². The minimum absolute atomic E-state index is 0.0141. The van der Waals surface area contributed by atoms with Gasteiger partial charge in [0.15, 0.2) is 5.82 Å². The van der Waals surface area contributed by atoms with E-state index in [1.165, 1.54) is 7.11 Å². The molecule has 1 saturated carbocycles. The number of rotatable bonds is 6. The van der Waals surface area contributed by atoms with Crippen LogP contribution in [0.1, 0.15) is 18.5 Å². The van der Waals surface area contributed by atoms with E-state index in [-0.39, 0.29) is 11.8 Å². The highest BCUT2D eigenvalue weighted by Gasteiger charge is 2.31. The first-order valence-electron chi connectivity index (χ1n) is 8.03. The van der Waals surface area contributed by atoms with Crippen LogP contribution in [0.4, 0.5) is 5.69 Å². The van der Waals surface area contributed by atoms with Crippen LogP contribution < -0.4 is 19.5 Å². The summed E-state index contributed by atoms with van der Waals surface area (Å²) in [6, 6.07) is 5.41. The molecule has 1 aromatic heterocycles. The van der Waals surface area contributed by atoms with Gasteiger partial charge < -0.3 is 19.5 Å². The summed E-state index contributed by atoms with van der Waals surface area (Å²) in [5.41, 5.74) is 1.86. The fourth-order valence-electron chi connectivity index (χ4n) is 2.51. The molecule has 7 nitrogen and oxygen atoms in total. The molecule has 0 unspecified atom stereocenters. The number of nitrogens with one attached hydrogen (secondary N) is 1. The number of hydrogen-bond donors (Lipinski definition) is 1. The Hall–Kier alpha value is -2.83. The van der Waals surface area contributed by atoms with Gasteiger partial charge in [0.2, 0.25) is 11.8 Å². The predicted molar refractivity (Wildman–Crippen MR) is 93.2 cm³/mol. The largest absolute Gasteiger partial charge is 0.497 e. The summed E-state index contributed by atoms with van der Waals surface area (Å²) in [5.74, 6) is 2.13. The number of aryl methyl sites for hydroxylation is 1. The second-order valence-electron chi connectivity index (χ2n) is 5.85. The Morgan fingerprint density at radius 3 is 2.48 bits per heavy atom. The fraction of sp³-hybridized carbons (Fsp3) is 0.389. The van der Waals surface area contributed by atoms with Crippen molar-refractivity contribution in [1.82, 2.24) is 9.97 Å². The normalized spacial score (nSPS) is 13.3. The zero-order valence-corrected chi connectivity index (χ0v) is 14.8. The first-order valence-corrected chi connectivity index (χ1v) is 8.03. The molecule has 1 aromatic carbocycles. The molecule has 0 bridgehead atoms. The van der Waals surface area contributed by atoms with E-state index < -0.39 is 0 Å². The number of carbonyl (C=O) groups excluding carboxylic acids is 1. The van der Waals surface area contributed by atoms with E-state index in [4.69, 9.17) is 14.2 Å². The van der Waals surface area contributed by atoms with Crippen molar-refractivity contribution in [2.24, 2.45) is 5.92 Å². The second kappa shape index (κ2) is 6.96. The Labute approximate surface area is 146 Å². The molecule has 7 heteroatoms. The summed E-state index contributed by atoms with van der Waals surface area (Å²) in [7, 11) is 4.69. The Bertz CT molecular complexity index is 803. The van der Waals surface area contributed by atoms with Crippen molar-refractivity contribution in [2.45, 2.75) is 19.8 Å². The average molecular weight is 343 g/mol. The highest BCUT2D eigenvalue weighted by atomic mass is 16.5. The number of carbonyl (C=O) groups is 1. The maximum atomic E-state index is 12.1. The lowest BCUT2D eigenvalue weighted by atomic mass is 10.1. The van der Waals surface area contributed by atoms with Gasteiger partial charge in [-0.2, -0.15) is 4.98 Å².